The first-order chi connectivity index (χ1) is 38.5. The normalized spacial score (nSPS) is 14.1. The van der Waals surface area contributed by atoms with E-state index >= 15 is 0 Å². The molecule has 0 bridgehead atoms. The molecule has 3 nitrogen and oxygen atoms in total. The van der Waals surface area contributed by atoms with E-state index in [0.717, 1.165) is 0 Å². The summed E-state index contributed by atoms with van der Waals surface area (Å²) in [5, 5.41) is 0. The van der Waals surface area contributed by atoms with Gasteiger partial charge in [-0.25, -0.2) is 0 Å². The van der Waals surface area contributed by atoms with Gasteiger partial charge in [0.15, 0.2) is 0 Å². The van der Waals surface area contributed by atoms with Gasteiger partial charge < -0.3 is 0 Å². The molecular formula is C72H156BO3P3. The second kappa shape index (κ2) is 51.3. The van der Waals surface area contributed by atoms with E-state index in [9.17, 15) is 13.3 Å². The van der Waals surface area contributed by atoms with Crippen LogP contribution in [-0.4, -0.2) is 81.3 Å². The van der Waals surface area contributed by atoms with Gasteiger partial charge in [-0.2, -0.15) is 0 Å². The monoisotopic (exact) mass is 1170 g/mol. The van der Waals surface area contributed by atoms with Crippen LogP contribution >= 0.6 is 20.5 Å². The third-order valence-electron chi connectivity index (χ3n) is 20.1. The minimum atomic E-state index is -2.97. The Balaban J connectivity index is 9.76. The van der Waals surface area contributed by atoms with Crippen molar-refractivity contribution >= 4 is 27.8 Å². The van der Waals surface area contributed by atoms with E-state index in [1.165, 1.54) is 382 Å². The zero-order chi connectivity index (χ0) is 58.5. The first kappa shape index (κ1) is 80.2. The summed E-state index contributed by atoms with van der Waals surface area (Å²) in [5.41, 5.74) is 0. The first-order valence-corrected chi connectivity index (χ1v) is 46.2. The zero-order valence-electron chi connectivity index (χ0n) is 57.6. The fraction of sp³-hybridized carbons (Fsp3) is 1.00. The van der Waals surface area contributed by atoms with Crippen molar-refractivity contribution in [3.05, 3.63) is 0 Å². The van der Waals surface area contributed by atoms with Crippen molar-refractivity contribution < 1.29 is 13.3 Å². The molecule has 0 heterocycles. The first-order valence-electron chi connectivity index (χ1n) is 37.5. The van der Waals surface area contributed by atoms with Crippen molar-refractivity contribution in [2.75, 3.05) is 73.9 Å². The fourth-order valence-electron chi connectivity index (χ4n) is 14.7. The third kappa shape index (κ3) is 35.6. The zero-order valence-corrected chi connectivity index (χ0v) is 60.3. The van der Waals surface area contributed by atoms with Gasteiger partial charge in [0.05, 0.1) is 0 Å². The van der Waals surface area contributed by atoms with Gasteiger partial charge in [-0.05, 0) is 0 Å². The summed E-state index contributed by atoms with van der Waals surface area (Å²) in [6.45, 7) is 20.3. The van der Waals surface area contributed by atoms with Crippen molar-refractivity contribution in [2.24, 2.45) is 0 Å². The maximum atomic E-state index is 9.28. The molecule has 480 valence electrons. The topological polar surface area (TPSA) is 27.7 Å². The number of unbranched alkanes of at least 4 members (excludes halogenated alkanes) is 36. The minimum absolute atomic E-state index is 0.493. The third-order valence-corrected chi connectivity index (χ3v) is 39.8. The Morgan fingerprint density at radius 2 is 0.253 bits per heavy atom. The quantitative estimate of drug-likeness (QED) is 0.0345. The Morgan fingerprint density at radius 3 is 0.342 bits per heavy atom. The molecule has 0 rings (SSSR count). The molecule has 0 aliphatic heterocycles. The van der Waals surface area contributed by atoms with Gasteiger partial charge in [-0.1, -0.05) is 0 Å². The van der Waals surface area contributed by atoms with Gasteiger partial charge in [0.25, 0.3) is 0 Å². The van der Waals surface area contributed by atoms with Gasteiger partial charge in [0.2, 0.25) is 0 Å². The molecule has 0 saturated heterocycles. The summed E-state index contributed by atoms with van der Waals surface area (Å²) >= 11 is 0. The standard InChI is InChI=1S/C72H156BO3P3/c1-13-25-37-49-61-77(62-50-38-26-14-2,63-51-39-27-15-3,64-52-40-28-16-4)74-73(75-78(65-53-41-29-17-5,66-54-42-30-18-6,67-55-43-31-19-7)68-56-44-32-20-8)76-79(69-57-45-33-21-9,70-58-46-34-22-10,71-59-47-35-23-11)72-60-48-36-24-12/h13-72H2,1-12H3. The summed E-state index contributed by atoms with van der Waals surface area (Å²) in [5.74, 6) is 0. The summed E-state index contributed by atoms with van der Waals surface area (Å²) < 4.78 is 27.8. The molecular weight excluding hydrogens is 1020 g/mol. The number of hydrogen-bond acceptors (Lipinski definition) is 3. The molecule has 0 aromatic carbocycles. The van der Waals surface area contributed by atoms with Crippen LogP contribution in [0.5, 0.6) is 0 Å². The molecule has 0 aliphatic carbocycles. The van der Waals surface area contributed by atoms with Crippen molar-refractivity contribution in [1.82, 2.24) is 0 Å². The summed E-state index contributed by atoms with van der Waals surface area (Å²) in [7, 11) is -0.493. The molecule has 0 N–H and O–H groups in total. The van der Waals surface area contributed by atoms with Crippen LogP contribution in [-0.2, 0) is 13.3 Å². The van der Waals surface area contributed by atoms with Crippen LogP contribution in [0, 0.1) is 0 Å². The van der Waals surface area contributed by atoms with Gasteiger partial charge >= 0.3 is 506 Å². The van der Waals surface area contributed by atoms with Gasteiger partial charge in [-0.15, -0.1) is 0 Å². The van der Waals surface area contributed by atoms with Crippen molar-refractivity contribution in [3.8, 4) is 0 Å². The molecule has 0 aliphatic rings. The van der Waals surface area contributed by atoms with Crippen LogP contribution < -0.4 is 0 Å². The number of rotatable bonds is 66. The Hall–Kier alpha value is 1.23. The Morgan fingerprint density at radius 1 is 0.152 bits per heavy atom. The van der Waals surface area contributed by atoms with Crippen molar-refractivity contribution in [3.63, 3.8) is 0 Å². The molecule has 79 heavy (non-hydrogen) atoms. The summed E-state index contributed by atoms with van der Waals surface area (Å²) in [4.78, 5) is 0. The Labute approximate surface area is 503 Å². The van der Waals surface area contributed by atoms with Crippen LogP contribution in [0.1, 0.15) is 391 Å². The van der Waals surface area contributed by atoms with E-state index in [-0.39, 0.29) is 0 Å². The molecule has 0 unspecified atom stereocenters. The molecule has 0 saturated carbocycles. The summed E-state index contributed by atoms with van der Waals surface area (Å²) in [6.07, 6.45) is 80.1. The van der Waals surface area contributed by atoms with Crippen LogP contribution in [0.15, 0.2) is 0 Å². The van der Waals surface area contributed by atoms with Crippen molar-refractivity contribution in [2.45, 2.75) is 391 Å². The summed E-state index contributed by atoms with van der Waals surface area (Å²) in [6, 6.07) is 0. The average molecular weight is 1170 g/mol. The molecule has 0 aromatic rings. The molecule has 0 radical (unpaired) electrons. The number of hydrogen-bond donors (Lipinski definition) is 0. The Bertz CT molecular complexity index is 966. The fourth-order valence-corrected chi connectivity index (χ4v) is 34.2. The average Bonchev–Trinajstić information content (AvgIpc) is 3.59. The molecule has 0 aromatic heterocycles. The molecule has 0 atom stereocenters. The molecule has 7 heteroatoms. The SMILES string of the molecule is CCCCCCP(CCCCCC)(CCCCCC)(CCCCCC)OB(OP(CCCCCC)(CCCCCC)(CCCCCC)CCCCCC)OP(CCCCCC)(CCCCCC)(CCCCCC)CCCCCC. The van der Waals surface area contributed by atoms with Gasteiger partial charge in [0, 0.05) is 0 Å². The van der Waals surface area contributed by atoms with Crippen LogP contribution in [0.3, 0.4) is 0 Å². The maximum absolute atomic E-state index is 9.28. The molecule has 0 fully saturated rings. The predicted octanol–water partition coefficient (Wildman–Crippen LogP) is 27.4. The van der Waals surface area contributed by atoms with Gasteiger partial charge in [-0.3, -0.25) is 0 Å². The van der Waals surface area contributed by atoms with E-state index in [1.54, 1.807) is 0 Å². The second-order valence-electron chi connectivity index (χ2n) is 27.6. The van der Waals surface area contributed by atoms with E-state index in [2.05, 4.69) is 83.1 Å². The van der Waals surface area contributed by atoms with E-state index in [1.807, 2.05) is 0 Å². The van der Waals surface area contributed by atoms with E-state index in [0.29, 0.717) is 0 Å². The molecule has 0 spiro atoms. The van der Waals surface area contributed by atoms with Crippen LogP contribution in [0.4, 0.5) is 0 Å². The van der Waals surface area contributed by atoms with Crippen LogP contribution in [0.2, 0.25) is 0 Å². The predicted molar refractivity (Wildman–Crippen MR) is 378 cm³/mol. The Kier molecular flexibility index (Phi) is 52.1. The molecule has 0 amide bonds. The van der Waals surface area contributed by atoms with Crippen molar-refractivity contribution in [1.29, 1.82) is 0 Å². The second-order valence-corrected chi connectivity index (χ2v) is 44.7. The van der Waals surface area contributed by atoms with E-state index < -0.39 is 27.8 Å². The van der Waals surface area contributed by atoms with Gasteiger partial charge in [0.1, 0.15) is 0 Å². The van der Waals surface area contributed by atoms with Crippen LogP contribution in [0.25, 0.3) is 0 Å². The van der Waals surface area contributed by atoms with E-state index in [4.69, 9.17) is 0 Å².